The Kier molecular flexibility index (Phi) is 11.1. The maximum atomic E-state index is 15.1. The highest BCUT2D eigenvalue weighted by Gasteiger charge is 2.45. The third kappa shape index (κ3) is 7.75. The fourth-order valence-electron chi connectivity index (χ4n) is 7.87. The van der Waals surface area contributed by atoms with Gasteiger partial charge in [0.05, 0.1) is 12.0 Å². The first kappa shape index (κ1) is 39.3. The van der Waals surface area contributed by atoms with Gasteiger partial charge in [0.2, 0.25) is 0 Å². The van der Waals surface area contributed by atoms with Crippen molar-refractivity contribution < 1.29 is 55.2 Å². The van der Waals surface area contributed by atoms with E-state index in [9.17, 15) is 45.6 Å². The van der Waals surface area contributed by atoms with Gasteiger partial charge in [0, 0.05) is 52.6 Å². The van der Waals surface area contributed by atoms with Gasteiger partial charge in [0.1, 0.15) is 63.4 Å². The van der Waals surface area contributed by atoms with Crippen molar-refractivity contribution >= 4 is 11.6 Å². The van der Waals surface area contributed by atoms with Crippen molar-refractivity contribution in [2.45, 2.75) is 77.7 Å². The molecule has 0 spiro atoms. The number of allylic oxidation sites excluding steroid dienone is 6. The van der Waals surface area contributed by atoms with Gasteiger partial charge in [-0.2, -0.15) is 0 Å². The molecule has 1 aliphatic carbocycles. The largest absolute Gasteiger partial charge is 0.508 e. The molecule has 292 valence electrons. The van der Waals surface area contributed by atoms with Crippen molar-refractivity contribution in [1.29, 1.82) is 0 Å². The minimum Gasteiger partial charge on any atom is -0.508 e. The first-order chi connectivity index (χ1) is 26.5. The monoisotopic (exact) mass is 762 g/mol. The minimum absolute atomic E-state index is 0.128. The minimum atomic E-state index is -1.22. The molecule has 0 bridgehead atoms. The summed E-state index contributed by atoms with van der Waals surface area (Å²) in [4.78, 5) is 28.9. The molecule has 0 saturated heterocycles. The summed E-state index contributed by atoms with van der Waals surface area (Å²) >= 11 is 0. The number of hydrogen-bond acceptors (Lipinski definition) is 11. The zero-order valence-electron chi connectivity index (χ0n) is 31.6. The van der Waals surface area contributed by atoms with Crippen molar-refractivity contribution in [2.24, 2.45) is 5.92 Å². The number of carbonyl (C=O) groups excluding carboxylic acids is 2. The molecule has 6 rings (SSSR count). The number of phenols is 8. The molecule has 4 aromatic rings. The Balaban J connectivity index is 1.55. The molecular weight excluding hydrogens is 716 g/mol. The van der Waals surface area contributed by atoms with Crippen LogP contribution in [0.1, 0.15) is 114 Å². The van der Waals surface area contributed by atoms with E-state index in [1.807, 2.05) is 27.7 Å². The first-order valence-electron chi connectivity index (χ1n) is 18.4. The molecule has 11 heteroatoms. The lowest BCUT2D eigenvalue weighted by molar-refractivity contribution is 0.0841. The maximum Gasteiger partial charge on any atom is 0.174 e. The maximum absolute atomic E-state index is 15.1. The Labute approximate surface area is 324 Å². The predicted molar refractivity (Wildman–Crippen MR) is 209 cm³/mol. The SMILES string of the molecule is CC(C)=CCCC1=C[C@@H](c2c(O)cc3c(c2O)C(=O)C[C@@H](c2ccc(O)cc2O)O3)[C@H](C(=O)c2ccc(O)c(CC=C(C)C)c2O)[C@@H](c2ccc(O)cc2O)C1. The van der Waals surface area contributed by atoms with Crippen LogP contribution in [0.2, 0.25) is 0 Å². The van der Waals surface area contributed by atoms with Gasteiger partial charge in [0.15, 0.2) is 11.6 Å². The second-order valence-electron chi connectivity index (χ2n) is 15.1. The molecule has 4 atom stereocenters. The van der Waals surface area contributed by atoms with E-state index in [2.05, 4.69) is 6.08 Å². The van der Waals surface area contributed by atoms with Crippen LogP contribution in [-0.2, 0) is 6.42 Å². The molecule has 0 aromatic heterocycles. The van der Waals surface area contributed by atoms with Crippen LogP contribution in [0, 0.1) is 5.92 Å². The van der Waals surface area contributed by atoms with Crippen molar-refractivity contribution in [1.82, 2.24) is 0 Å². The van der Waals surface area contributed by atoms with Crippen LogP contribution >= 0.6 is 0 Å². The molecule has 1 aliphatic heterocycles. The Morgan fingerprint density at radius 3 is 2.00 bits per heavy atom. The standard InChI is InChI=1S/C45H46O11/c1-22(2)6-5-7-24-16-31(27-12-9-25(46)18-34(27)49)40(44(54)30-14-15-33(48)29(43(30)53)11-8-23(3)4)32(17-24)41-36(51)21-39-42(45(41)55)37(52)20-38(56-39)28-13-10-26(47)19-35(28)50/h6,8-10,12-15,17-19,21,31-32,38,40,46-51,53,55H,5,7,11,16,20H2,1-4H3/t31-,32-,38+,40-/m1/s1. The highest BCUT2D eigenvalue weighted by molar-refractivity contribution is 6.05. The van der Waals surface area contributed by atoms with Crippen molar-refractivity contribution in [2.75, 3.05) is 0 Å². The molecule has 2 aliphatic rings. The third-order valence-corrected chi connectivity index (χ3v) is 10.6. The van der Waals surface area contributed by atoms with Gasteiger partial charge >= 0.3 is 0 Å². The van der Waals surface area contributed by atoms with Gasteiger partial charge in [-0.15, -0.1) is 0 Å². The summed E-state index contributed by atoms with van der Waals surface area (Å²) in [5.74, 6) is -7.30. The quantitative estimate of drug-likeness (QED) is 0.0565. The van der Waals surface area contributed by atoms with E-state index in [1.165, 1.54) is 42.5 Å². The number of hydrogen-bond donors (Lipinski definition) is 8. The third-order valence-electron chi connectivity index (χ3n) is 10.6. The summed E-state index contributed by atoms with van der Waals surface area (Å²) < 4.78 is 6.06. The average molecular weight is 763 g/mol. The molecule has 4 aromatic carbocycles. The lowest BCUT2D eigenvalue weighted by Gasteiger charge is -2.38. The second kappa shape index (κ2) is 15.8. The van der Waals surface area contributed by atoms with Crippen LogP contribution in [0.5, 0.6) is 51.7 Å². The fourth-order valence-corrected chi connectivity index (χ4v) is 7.87. The highest BCUT2D eigenvalue weighted by Crippen LogP contribution is 2.56. The number of rotatable bonds is 10. The molecule has 0 amide bonds. The topological polar surface area (TPSA) is 205 Å². The first-order valence-corrected chi connectivity index (χ1v) is 18.4. The molecule has 56 heavy (non-hydrogen) atoms. The second-order valence-corrected chi connectivity index (χ2v) is 15.1. The number of ketones is 2. The van der Waals surface area contributed by atoms with E-state index >= 15 is 4.79 Å². The molecule has 0 unspecified atom stereocenters. The molecule has 8 N–H and O–H groups in total. The van der Waals surface area contributed by atoms with E-state index in [4.69, 9.17) is 4.74 Å². The van der Waals surface area contributed by atoms with Crippen LogP contribution in [0.4, 0.5) is 0 Å². The van der Waals surface area contributed by atoms with Gasteiger partial charge in [-0.3, -0.25) is 9.59 Å². The average Bonchev–Trinajstić information content (AvgIpc) is 3.10. The summed E-state index contributed by atoms with van der Waals surface area (Å²) in [5.41, 5.74) is 2.97. The number of carbonyl (C=O) groups is 2. The summed E-state index contributed by atoms with van der Waals surface area (Å²) in [5, 5.41) is 87.8. The van der Waals surface area contributed by atoms with Gasteiger partial charge in [-0.25, -0.2) is 0 Å². The van der Waals surface area contributed by atoms with Crippen molar-refractivity contribution in [3.05, 3.63) is 123 Å². The Morgan fingerprint density at radius 1 is 0.732 bits per heavy atom. The molecule has 0 saturated carbocycles. The van der Waals surface area contributed by atoms with Crippen LogP contribution in [0.25, 0.3) is 0 Å². The predicted octanol–water partition coefficient (Wildman–Crippen LogP) is 8.99. The summed E-state index contributed by atoms with van der Waals surface area (Å²) in [6.07, 6.45) is 5.83. The molecule has 11 nitrogen and oxygen atoms in total. The van der Waals surface area contributed by atoms with Crippen LogP contribution in [-0.4, -0.2) is 52.4 Å². The molecule has 0 radical (unpaired) electrons. The van der Waals surface area contributed by atoms with Crippen molar-refractivity contribution in [3.8, 4) is 51.7 Å². The summed E-state index contributed by atoms with van der Waals surface area (Å²) in [6.45, 7) is 7.65. The summed E-state index contributed by atoms with van der Waals surface area (Å²) in [7, 11) is 0. The van der Waals surface area contributed by atoms with Crippen LogP contribution in [0.15, 0.2) is 89.5 Å². The smallest absolute Gasteiger partial charge is 0.174 e. The number of aromatic hydroxyl groups is 8. The Morgan fingerprint density at radius 2 is 1.38 bits per heavy atom. The lowest BCUT2D eigenvalue weighted by atomic mass is 9.64. The number of ether oxygens (including phenoxy) is 1. The van der Waals surface area contributed by atoms with E-state index in [0.29, 0.717) is 18.4 Å². The van der Waals surface area contributed by atoms with E-state index in [0.717, 1.165) is 28.9 Å². The number of benzene rings is 4. The number of fused-ring (bicyclic) bond motifs is 1. The zero-order chi connectivity index (χ0) is 40.6. The van der Waals surface area contributed by atoms with Gasteiger partial charge in [-0.1, -0.05) is 41.0 Å². The van der Waals surface area contributed by atoms with Crippen LogP contribution < -0.4 is 4.74 Å². The number of phenolic OH excluding ortho intramolecular Hbond substituents is 8. The highest BCUT2D eigenvalue weighted by atomic mass is 16.5. The Hall–Kier alpha value is -6.36. The van der Waals surface area contributed by atoms with Crippen molar-refractivity contribution in [3.63, 3.8) is 0 Å². The van der Waals surface area contributed by atoms with Gasteiger partial charge in [0.25, 0.3) is 0 Å². The van der Waals surface area contributed by atoms with E-state index in [-0.39, 0.29) is 81.6 Å². The van der Waals surface area contributed by atoms with Gasteiger partial charge in [-0.05, 0) is 89.3 Å². The molecule has 0 fully saturated rings. The fraction of sp³-hybridized carbons (Fsp3) is 0.289. The number of Topliss-reactive ketones (excluding diaryl/α,β-unsaturated/α-hetero) is 2. The van der Waals surface area contributed by atoms with Gasteiger partial charge < -0.3 is 45.6 Å². The normalized spacial score (nSPS) is 19.0. The Bertz CT molecular complexity index is 2310. The molecular formula is C45H46O11. The molecule has 1 heterocycles. The van der Waals surface area contributed by atoms with Crippen LogP contribution in [0.3, 0.4) is 0 Å². The van der Waals surface area contributed by atoms with E-state index < -0.39 is 52.7 Å². The lowest BCUT2D eigenvalue weighted by Crippen LogP contribution is -2.32. The zero-order valence-corrected chi connectivity index (χ0v) is 31.6. The van der Waals surface area contributed by atoms with E-state index in [1.54, 1.807) is 12.2 Å². The summed E-state index contributed by atoms with van der Waals surface area (Å²) in [6, 6.07) is 11.7.